The molecule has 7 nitrogen and oxygen atoms in total. The zero-order valence-corrected chi connectivity index (χ0v) is 18.0. The molecule has 2 fully saturated rings. The second-order valence-electron chi connectivity index (χ2n) is 9.04. The molecule has 0 spiro atoms. The maximum absolute atomic E-state index is 11.2. The number of rotatable bonds is 5. The van der Waals surface area contributed by atoms with Gasteiger partial charge in [-0.1, -0.05) is 38.5 Å². The minimum Gasteiger partial charge on any atom is -0.480 e. The Kier molecular flexibility index (Phi) is 10.8. The Labute approximate surface area is 169 Å². The first-order chi connectivity index (χ1) is 13.1. The average molecular weight is 401 g/mol. The van der Waals surface area contributed by atoms with Gasteiger partial charge in [0.15, 0.2) is 6.04 Å². The Morgan fingerprint density at radius 2 is 1.36 bits per heavy atom. The third-order valence-electron chi connectivity index (χ3n) is 5.10. The summed E-state index contributed by atoms with van der Waals surface area (Å²) in [4.78, 5) is 21.8. The summed E-state index contributed by atoms with van der Waals surface area (Å²) in [5, 5.41) is 23.7. The number of hydrogen-bond donors (Lipinski definition) is 4. The predicted octanol–water partition coefficient (Wildman–Crippen LogP) is 3.59. The molecular formula is C21H40N2O5. The number of carboxylic acid groups (broad SMARTS) is 1. The molecular weight excluding hydrogens is 360 g/mol. The van der Waals surface area contributed by atoms with Gasteiger partial charge in [-0.05, 0) is 53.4 Å². The van der Waals surface area contributed by atoms with E-state index < -0.39 is 29.8 Å². The molecule has 0 aromatic heterocycles. The van der Waals surface area contributed by atoms with Crippen LogP contribution >= 0.6 is 0 Å². The molecule has 2 aliphatic rings. The third kappa shape index (κ3) is 10.9. The molecule has 0 bridgehead atoms. The van der Waals surface area contributed by atoms with Crippen LogP contribution in [0.2, 0.25) is 0 Å². The van der Waals surface area contributed by atoms with Crippen molar-refractivity contribution in [3.05, 3.63) is 0 Å². The van der Waals surface area contributed by atoms with E-state index in [0.29, 0.717) is 0 Å². The van der Waals surface area contributed by atoms with Crippen LogP contribution in [0, 0.1) is 0 Å². The minimum atomic E-state index is -1.36. The van der Waals surface area contributed by atoms with Crippen molar-refractivity contribution in [1.29, 1.82) is 0 Å². The van der Waals surface area contributed by atoms with Gasteiger partial charge in [-0.2, -0.15) is 0 Å². The molecule has 4 N–H and O–H groups in total. The first-order valence-corrected chi connectivity index (χ1v) is 10.7. The van der Waals surface area contributed by atoms with Crippen LogP contribution in [0.1, 0.15) is 91.9 Å². The summed E-state index contributed by atoms with van der Waals surface area (Å²) in [6, 6.07) is 0.383. The Hall–Kier alpha value is -1.34. The number of aliphatic hydroxyl groups is 1. The van der Waals surface area contributed by atoms with E-state index in [2.05, 4.69) is 10.6 Å². The number of aliphatic hydroxyl groups excluding tert-OH is 1. The number of amides is 1. The maximum atomic E-state index is 11.2. The van der Waals surface area contributed by atoms with Gasteiger partial charge in [-0.3, -0.25) is 0 Å². The summed E-state index contributed by atoms with van der Waals surface area (Å²) in [7, 11) is 0. The molecule has 2 saturated carbocycles. The van der Waals surface area contributed by atoms with Gasteiger partial charge in [-0.15, -0.1) is 0 Å². The fraction of sp³-hybridized carbons (Fsp3) is 0.905. The molecule has 2 rings (SSSR count). The summed E-state index contributed by atoms with van der Waals surface area (Å²) < 4.78 is 4.84. The lowest BCUT2D eigenvalue weighted by molar-refractivity contribution is -0.142. The molecule has 0 aromatic rings. The van der Waals surface area contributed by atoms with E-state index >= 15 is 0 Å². The molecule has 0 aliphatic heterocycles. The maximum Gasteiger partial charge on any atom is 0.408 e. The van der Waals surface area contributed by atoms with Crippen LogP contribution in [0.5, 0.6) is 0 Å². The van der Waals surface area contributed by atoms with Crippen molar-refractivity contribution in [2.75, 3.05) is 0 Å². The minimum absolute atomic E-state index is 0.703. The Bertz CT molecular complexity index is 448. The van der Waals surface area contributed by atoms with Gasteiger partial charge >= 0.3 is 12.1 Å². The summed E-state index contributed by atoms with van der Waals surface area (Å²) in [6.07, 6.45) is 12.5. The highest BCUT2D eigenvalue weighted by molar-refractivity contribution is 5.80. The van der Waals surface area contributed by atoms with Crippen molar-refractivity contribution >= 4 is 12.1 Å². The fourth-order valence-electron chi connectivity index (χ4n) is 3.70. The molecule has 2 atom stereocenters. The lowest BCUT2D eigenvalue weighted by Crippen LogP contribution is -2.49. The average Bonchev–Trinajstić information content (AvgIpc) is 2.60. The van der Waals surface area contributed by atoms with Crippen molar-refractivity contribution in [2.45, 2.75) is 122 Å². The molecule has 7 heteroatoms. The molecule has 0 radical (unpaired) electrons. The van der Waals surface area contributed by atoms with Gasteiger partial charge in [0.25, 0.3) is 0 Å². The normalized spacial score (nSPS) is 21.0. The summed E-state index contributed by atoms with van der Waals surface area (Å²) >= 11 is 0. The second kappa shape index (κ2) is 12.3. The van der Waals surface area contributed by atoms with Crippen molar-refractivity contribution in [3.63, 3.8) is 0 Å². The summed E-state index contributed by atoms with van der Waals surface area (Å²) in [6.45, 7) is 6.25. The lowest BCUT2D eigenvalue weighted by Gasteiger charge is -2.30. The van der Waals surface area contributed by atoms with E-state index in [1.165, 1.54) is 71.1 Å². The first-order valence-electron chi connectivity index (χ1n) is 10.7. The van der Waals surface area contributed by atoms with Gasteiger partial charge in [0.05, 0.1) is 6.10 Å². The van der Waals surface area contributed by atoms with Crippen molar-refractivity contribution in [1.82, 2.24) is 10.6 Å². The Balaban J connectivity index is 0.000000281. The number of nitrogens with one attached hydrogen (secondary N) is 2. The number of ether oxygens (including phenoxy) is 1. The highest BCUT2D eigenvalue weighted by Gasteiger charge is 2.27. The van der Waals surface area contributed by atoms with Gasteiger partial charge in [0.2, 0.25) is 0 Å². The molecule has 28 heavy (non-hydrogen) atoms. The van der Waals surface area contributed by atoms with E-state index in [-0.39, 0.29) is 0 Å². The summed E-state index contributed by atoms with van der Waals surface area (Å²) in [5.74, 6) is -1.31. The molecule has 0 unspecified atom stereocenters. The van der Waals surface area contributed by atoms with Crippen LogP contribution < -0.4 is 10.6 Å². The van der Waals surface area contributed by atoms with Gasteiger partial charge in [0.1, 0.15) is 5.60 Å². The first kappa shape index (κ1) is 24.7. The topological polar surface area (TPSA) is 108 Å². The highest BCUT2D eigenvalue weighted by Crippen LogP contribution is 2.22. The summed E-state index contributed by atoms with van der Waals surface area (Å²) in [5.41, 5.74) is -0.703. The molecule has 2 aliphatic carbocycles. The SMILES string of the molecule is C1CCC(NC2CCCCC2)CC1.C[C@H](O)[C@H](NC(=O)OC(C)(C)C)C(=O)O. The van der Waals surface area contributed by atoms with Crippen molar-refractivity contribution in [2.24, 2.45) is 0 Å². The molecule has 0 aromatic carbocycles. The number of carbonyl (C=O) groups excluding carboxylic acids is 1. The second-order valence-corrected chi connectivity index (χ2v) is 9.04. The molecule has 164 valence electrons. The lowest BCUT2D eigenvalue weighted by atomic mass is 9.91. The van der Waals surface area contributed by atoms with E-state index in [1.54, 1.807) is 20.8 Å². The van der Waals surface area contributed by atoms with Gasteiger partial charge in [-0.25, -0.2) is 9.59 Å². The van der Waals surface area contributed by atoms with Crippen LogP contribution in [0.15, 0.2) is 0 Å². The largest absolute Gasteiger partial charge is 0.480 e. The van der Waals surface area contributed by atoms with Crippen molar-refractivity contribution < 1.29 is 24.5 Å². The zero-order chi connectivity index (χ0) is 21.2. The third-order valence-corrected chi connectivity index (χ3v) is 5.10. The van der Waals surface area contributed by atoms with Crippen LogP contribution in [0.25, 0.3) is 0 Å². The van der Waals surface area contributed by atoms with Gasteiger partial charge < -0.3 is 25.6 Å². The Morgan fingerprint density at radius 3 is 1.68 bits per heavy atom. The van der Waals surface area contributed by atoms with Crippen LogP contribution in [-0.2, 0) is 9.53 Å². The standard InChI is InChI=1S/C12H23N.C9H17NO5/c1-3-7-11(8-4-1)13-12-9-5-2-6-10-12;1-5(11)6(7(12)13)10-8(14)15-9(2,3)4/h11-13H,1-10H2;5-6,11H,1-4H3,(H,10,14)(H,12,13)/t;5-,6-/m.0/s1. The fourth-order valence-corrected chi connectivity index (χ4v) is 3.70. The van der Waals surface area contributed by atoms with Crippen LogP contribution in [-0.4, -0.2) is 52.1 Å². The Morgan fingerprint density at radius 1 is 0.929 bits per heavy atom. The smallest absolute Gasteiger partial charge is 0.408 e. The van der Waals surface area contributed by atoms with E-state index in [4.69, 9.17) is 14.9 Å². The number of carboxylic acids is 1. The number of aliphatic carboxylic acids is 1. The van der Waals surface area contributed by atoms with Crippen molar-refractivity contribution in [3.8, 4) is 0 Å². The van der Waals surface area contributed by atoms with E-state index in [9.17, 15) is 9.59 Å². The van der Waals surface area contributed by atoms with E-state index in [0.717, 1.165) is 12.1 Å². The molecule has 0 saturated heterocycles. The molecule has 0 heterocycles. The van der Waals surface area contributed by atoms with Crippen LogP contribution in [0.3, 0.4) is 0 Å². The molecule has 1 amide bonds. The number of hydrogen-bond acceptors (Lipinski definition) is 5. The van der Waals surface area contributed by atoms with Gasteiger partial charge in [0, 0.05) is 12.1 Å². The zero-order valence-electron chi connectivity index (χ0n) is 18.0. The monoisotopic (exact) mass is 400 g/mol. The number of alkyl carbamates (subject to hydrolysis) is 1. The number of carbonyl (C=O) groups is 2. The van der Waals surface area contributed by atoms with Crippen LogP contribution in [0.4, 0.5) is 4.79 Å². The predicted molar refractivity (Wildman–Crippen MR) is 109 cm³/mol. The van der Waals surface area contributed by atoms with E-state index in [1.807, 2.05) is 0 Å². The highest BCUT2D eigenvalue weighted by atomic mass is 16.6. The quantitative estimate of drug-likeness (QED) is 0.562.